The van der Waals surface area contributed by atoms with Gasteiger partial charge in [0.1, 0.15) is 0 Å². The zero-order valence-electron chi connectivity index (χ0n) is 7.06. The molecule has 5 nitrogen and oxygen atoms in total. The third-order valence-corrected chi connectivity index (χ3v) is 1.78. The van der Waals surface area contributed by atoms with E-state index in [-0.39, 0.29) is 5.78 Å². The number of carbonyl (C=O) groups is 1. The first kappa shape index (κ1) is 7.72. The van der Waals surface area contributed by atoms with Crippen LogP contribution in [0.25, 0.3) is 0 Å². The maximum atomic E-state index is 11.6. The van der Waals surface area contributed by atoms with Crippen molar-refractivity contribution in [3.05, 3.63) is 36.2 Å². The number of aromatic nitrogens is 4. The molecule has 0 bridgehead atoms. The monoisotopic (exact) mass is 176 g/mol. The summed E-state index contributed by atoms with van der Waals surface area (Å²) in [5, 5.41) is 6.28. The van der Waals surface area contributed by atoms with E-state index < -0.39 is 0 Å². The lowest BCUT2D eigenvalue weighted by molar-refractivity contribution is 0.102. The van der Waals surface area contributed by atoms with Crippen molar-refractivity contribution in [2.45, 2.75) is 0 Å². The number of hydrogen-bond donors (Lipinski definition) is 1. The molecular weight excluding hydrogens is 168 g/mol. The van der Waals surface area contributed by atoms with Crippen LogP contribution in [0.5, 0.6) is 0 Å². The highest BCUT2D eigenvalue weighted by Gasteiger charge is 2.13. The van der Waals surface area contributed by atoms with E-state index in [0.29, 0.717) is 11.4 Å². The Morgan fingerprint density at radius 1 is 1.62 bits per heavy atom. The van der Waals surface area contributed by atoms with Crippen molar-refractivity contribution in [1.29, 1.82) is 0 Å². The molecule has 0 saturated carbocycles. The minimum Gasteiger partial charge on any atom is -0.331 e. The van der Waals surface area contributed by atoms with Gasteiger partial charge in [-0.2, -0.15) is 5.10 Å². The highest BCUT2D eigenvalue weighted by molar-refractivity contribution is 6.06. The summed E-state index contributed by atoms with van der Waals surface area (Å²) in [5.74, 6) is 0.294. The number of carbonyl (C=O) groups excluding carboxylic acids is 1. The van der Waals surface area contributed by atoms with Crippen LogP contribution in [0.1, 0.15) is 16.2 Å². The van der Waals surface area contributed by atoms with E-state index in [1.165, 1.54) is 6.20 Å². The second-order valence-corrected chi connectivity index (χ2v) is 2.68. The average molecular weight is 176 g/mol. The third kappa shape index (κ3) is 1.24. The van der Waals surface area contributed by atoms with Crippen LogP contribution in [-0.2, 0) is 7.05 Å². The van der Waals surface area contributed by atoms with E-state index in [1.807, 2.05) is 0 Å². The molecule has 0 aliphatic rings. The first-order chi connectivity index (χ1) is 6.29. The number of imidazole rings is 1. The summed E-state index contributed by atoms with van der Waals surface area (Å²) < 4.78 is 1.68. The number of nitrogens with zero attached hydrogens (tertiary/aromatic N) is 3. The molecule has 66 valence electrons. The van der Waals surface area contributed by atoms with Gasteiger partial charge in [0.05, 0.1) is 11.8 Å². The van der Waals surface area contributed by atoms with E-state index in [9.17, 15) is 4.79 Å². The van der Waals surface area contributed by atoms with Crippen LogP contribution in [0.2, 0.25) is 0 Å². The second kappa shape index (κ2) is 2.85. The van der Waals surface area contributed by atoms with Crippen LogP contribution in [0.15, 0.2) is 24.8 Å². The summed E-state index contributed by atoms with van der Waals surface area (Å²) in [6.07, 6.45) is 6.36. The molecule has 2 aromatic heterocycles. The molecule has 0 unspecified atom stereocenters. The predicted molar refractivity (Wildman–Crippen MR) is 45.2 cm³/mol. The van der Waals surface area contributed by atoms with Crippen molar-refractivity contribution in [1.82, 2.24) is 19.7 Å². The Morgan fingerprint density at radius 3 is 3.00 bits per heavy atom. The Bertz CT molecular complexity index is 415. The van der Waals surface area contributed by atoms with Gasteiger partial charge in [-0.3, -0.25) is 9.89 Å². The van der Waals surface area contributed by atoms with Gasteiger partial charge in [0.25, 0.3) is 0 Å². The molecule has 0 fully saturated rings. The summed E-state index contributed by atoms with van der Waals surface area (Å²) in [4.78, 5) is 15.6. The molecule has 0 amide bonds. The Morgan fingerprint density at radius 2 is 2.46 bits per heavy atom. The summed E-state index contributed by atoms with van der Waals surface area (Å²) in [6.45, 7) is 0. The summed E-state index contributed by atoms with van der Waals surface area (Å²) >= 11 is 0. The van der Waals surface area contributed by atoms with Crippen LogP contribution in [0.3, 0.4) is 0 Å². The van der Waals surface area contributed by atoms with Crippen LogP contribution in [0, 0.1) is 0 Å². The van der Waals surface area contributed by atoms with Gasteiger partial charge >= 0.3 is 0 Å². The molecule has 0 spiro atoms. The van der Waals surface area contributed by atoms with Crippen LogP contribution in [-0.4, -0.2) is 25.5 Å². The molecule has 0 saturated heterocycles. The van der Waals surface area contributed by atoms with E-state index >= 15 is 0 Å². The smallest absolute Gasteiger partial charge is 0.231 e. The molecule has 2 aromatic rings. The molecule has 0 atom stereocenters. The lowest BCUT2D eigenvalue weighted by Gasteiger charge is -1.96. The van der Waals surface area contributed by atoms with Gasteiger partial charge in [-0.05, 0) is 0 Å². The molecule has 1 N–H and O–H groups in total. The minimum absolute atomic E-state index is 0.124. The van der Waals surface area contributed by atoms with E-state index in [0.717, 1.165) is 0 Å². The highest BCUT2D eigenvalue weighted by Crippen LogP contribution is 2.04. The Balaban J connectivity index is 2.39. The normalized spacial score (nSPS) is 10.2. The number of hydrogen-bond acceptors (Lipinski definition) is 3. The number of nitrogens with one attached hydrogen (secondary N) is 1. The third-order valence-electron chi connectivity index (χ3n) is 1.78. The first-order valence-electron chi connectivity index (χ1n) is 3.80. The molecule has 0 aliphatic carbocycles. The number of H-pyrrole nitrogens is 1. The second-order valence-electron chi connectivity index (χ2n) is 2.68. The topological polar surface area (TPSA) is 63.6 Å². The number of rotatable bonds is 2. The Hall–Kier alpha value is -1.91. The lowest BCUT2D eigenvalue weighted by Crippen LogP contribution is -2.07. The molecular formula is C8H8N4O. The Kier molecular flexibility index (Phi) is 1.70. The van der Waals surface area contributed by atoms with Gasteiger partial charge in [-0.25, -0.2) is 4.98 Å². The predicted octanol–water partition coefficient (Wildman–Crippen LogP) is 0.374. The summed E-state index contributed by atoms with van der Waals surface area (Å²) in [7, 11) is 1.78. The quantitative estimate of drug-likeness (QED) is 0.672. The number of aryl methyl sites for hydroxylation is 1. The molecule has 2 rings (SSSR count). The first-order valence-corrected chi connectivity index (χ1v) is 3.80. The van der Waals surface area contributed by atoms with Crippen LogP contribution in [0.4, 0.5) is 0 Å². The fraction of sp³-hybridized carbons (Fsp3) is 0.125. The molecule has 0 aliphatic heterocycles. The molecule has 0 aromatic carbocycles. The maximum Gasteiger partial charge on any atom is 0.231 e. The largest absolute Gasteiger partial charge is 0.331 e. The SMILES string of the molecule is Cn1ccnc1C(=O)c1cn[nH]c1. The zero-order valence-corrected chi connectivity index (χ0v) is 7.06. The van der Waals surface area contributed by atoms with Gasteiger partial charge in [0, 0.05) is 25.6 Å². The van der Waals surface area contributed by atoms with Crippen molar-refractivity contribution in [3.8, 4) is 0 Å². The van der Waals surface area contributed by atoms with Crippen molar-refractivity contribution >= 4 is 5.78 Å². The fourth-order valence-corrected chi connectivity index (χ4v) is 1.09. The number of ketones is 1. The van der Waals surface area contributed by atoms with Gasteiger partial charge in [-0.15, -0.1) is 0 Å². The van der Waals surface area contributed by atoms with Crippen molar-refractivity contribution in [2.24, 2.45) is 7.05 Å². The van der Waals surface area contributed by atoms with E-state index in [4.69, 9.17) is 0 Å². The van der Waals surface area contributed by atoms with Gasteiger partial charge < -0.3 is 4.57 Å². The zero-order chi connectivity index (χ0) is 9.26. The van der Waals surface area contributed by atoms with E-state index in [1.54, 1.807) is 30.2 Å². The maximum absolute atomic E-state index is 11.6. The van der Waals surface area contributed by atoms with Gasteiger partial charge in [0.15, 0.2) is 5.82 Å². The molecule has 5 heteroatoms. The lowest BCUT2D eigenvalue weighted by atomic mass is 10.2. The van der Waals surface area contributed by atoms with E-state index in [2.05, 4.69) is 15.2 Å². The van der Waals surface area contributed by atoms with Gasteiger partial charge in [0.2, 0.25) is 5.78 Å². The summed E-state index contributed by atoms with van der Waals surface area (Å²) in [5.41, 5.74) is 0.523. The Labute approximate surface area is 74.4 Å². The summed E-state index contributed by atoms with van der Waals surface area (Å²) in [6, 6.07) is 0. The fourth-order valence-electron chi connectivity index (χ4n) is 1.09. The van der Waals surface area contributed by atoms with Gasteiger partial charge in [-0.1, -0.05) is 0 Å². The van der Waals surface area contributed by atoms with Crippen molar-refractivity contribution in [2.75, 3.05) is 0 Å². The molecule has 13 heavy (non-hydrogen) atoms. The van der Waals surface area contributed by atoms with Crippen LogP contribution >= 0.6 is 0 Å². The van der Waals surface area contributed by atoms with Crippen molar-refractivity contribution < 1.29 is 4.79 Å². The number of aromatic amines is 1. The molecule has 2 heterocycles. The average Bonchev–Trinajstić information content (AvgIpc) is 2.72. The molecule has 0 radical (unpaired) electrons. The standard InChI is InChI=1S/C8H8N4O/c1-12-3-2-9-8(12)7(13)6-4-10-11-5-6/h2-5H,1H3,(H,10,11). The van der Waals surface area contributed by atoms with Crippen molar-refractivity contribution in [3.63, 3.8) is 0 Å². The highest BCUT2D eigenvalue weighted by atomic mass is 16.1. The van der Waals surface area contributed by atoms with Crippen LogP contribution < -0.4 is 0 Å². The minimum atomic E-state index is -0.124.